The predicted octanol–water partition coefficient (Wildman–Crippen LogP) is 1.17. The third-order valence-electron chi connectivity index (χ3n) is 4.67. The molecule has 2 atom stereocenters. The molecule has 0 radical (unpaired) electrons. The molecule has 8 heteroatoms. The molecular formula is C18H25FN4O3. The first-order valence-corrected chi connectivity index (χ1v) is 9.03. The van der Waals surface area contributed by atoms with Crippen LogP contribution in [-0.2, 0) is 9.53 Å². The largest absolute Gasteiger partial charge is 0.366 e. The van der Waals surface area contributed by atoms with Gasteiger partial charge < -0.3 is 25.6 Å². The topological polar surface area (TPSA) is 82.7 Å². The molecular weight excluding hydrogens is 339 g/mol. The second-order valence-corrected chi connectivity index (χ2v) is 6.70. The first-order valence-electron chi connectivity index (χ1n) is 9.03. The van der Waals surface area contributed by atoms with Gasteiger partial charge in [0.2, 0.25) is 0 Å². The first-order chi connectivity index (χ1) is 12.6. The number of piperidine rings is 1. The second kappa shape index (κ2) is 8.95. The lowest BCUT2D eigenvalue weighted by Crippen LogP contribution is -2.52. The van der Waals surface area contributed by atoms with Crippen LogP contribution in [0.1, 0.15) is 12.8 Å². The lowest BCUT2D eigenvalue weighted by Gasteiger charge is -2.36. The number of carbonyl (C=O) groups excluding carboxylic acids is 2. The van der Waals surface area contributed by atoms with Gasteiger partial charge in [-0.1, -0.05) is 6.07 Å². The monoisotopic (exact) mass is 364 g/mol. The quantitative estimate of drug-likeness (QED) is 0.749. The Morgan fingerprint density at radius 2 is 2.27 bits per heavy atom. The summed E-state index contributed by atoms with van der Waals surface area (Å²) in [7, 11) is 0. The van der Waals surface area contributed by atoms with Crippen LogP contribution in [-0.4, -0.2) is 62.3 Å². The summed E-state index contributed by atoms with van der Waals surface area (Å²) in [4.78, 5) is 26.3. The number of morpholine rings is 1. The molecule has 1 aromatic carbocycles. The van der Waals surface area contributed by atoms with E-state index in [1.807, 2.05) is 4.90 Å². The summed E-state index contributed by atoms with van der Waals surface area (Å²) in [5.41, 5.74) is 0.407. The Balaban J connectivity index is 1.44. The molecule has 2 fully saturated rings. The number of anilines is 1. The number of urea groups is 1. The molecule has 0 bridgehead atoms. The average molecular weight is 364 g/mol. The van der Waals surface area contributed by atoms with Crippen molar-refractivity contribution in [2.75, 3.05) is 44.6 Å². The average Bonchev–Trinajstić information content (AvgIpc) is 2.67. The van der Waals surface area contributed by atoms with E-state index in [-0.39, 0.29) is 17.9 Å². The molecule has 0 saturated carbocycles. The van der Waals surface area contributed by atoms with Crippen molar-refractivity contribution in [3.8, 4) is 0 Å². The number of ether oxygens (including phenoxy) is 1. The molecule has 142 valence electrons. The van der Waals surface area contributed by atoms with Crippen LogP contribution in [0.5, 0.6) is 0 Å². The van der Waals surface area contributed by atoms with Gasteiger partial charge in [-0.3, -0.25) is 4.79 Å². The van der Waals surface area contributed by atoms with Gasteiger partial charge in [0.1, 0.15) is 11.9 Å². The molecule has 0 spiro atoms. The molecule has 2 unspecified atom stereocenters. The molecule has 3 rings (SSSR count). The highest BCUT2D eigenvalue weighted by atomic mass is 19.1. The lowest BCUT2D eigenvalue weighted by molar-refractivity contribution is -0.147. The van der Waals surface area contributed by atoms with Gasteiger partial charge in [-0.25, -0.2) is 9.18 Å². The van der Waals surface area contributed by atoms with Crippen LogP contribution in [0, 0.1) is 11.7 Å². The van der Waals surface area contributed by atoms with Gasteiger partial charge in [0, 0.05) is 38.4 Å². The van der Waals surface area contributed by atoms with Crippen molar-refractivity contribution in [2.45, 2.75) is 18.9 Å². The number of likely N-dealkylation sites (tertiary alicyclic amines) is 1. The fourth-order valence-electron chi connectivity index (χ4n) is 3.34. The Morgan fingerprint density at radius 3 is 3.04 bits per heavy atom. The fourth-order valence-corrected chi connectivity index (χ4v) is 3.34. The Hall–Kier alpha value is -2.19. The van der Waals surface area contributed by atoms with Crippen LogP contribution in [0.3, 0.4) is 0 Å². The van der Waals surface area contributed by atoms with Gasteiger partial charge in [-0.15, -0.1) is 0 Å². The van der Waals surface area contributed by atoms with Gasteiger partial charge in [-0.05, 0) is 37.0 Å². The number of rotatable bonds is 4. The summed E-state index contributed by atoms with van der Waals surface area (Å²) in [5, 5.41) is 8.58. The highest BCUT2D eigenvalue weighted by molar-refractivity contribution is 5.89. The third kappa shape index (κ3) is 5.15. The normalized spacial score (nSPS) is 23.3. The first kappa shape index (κ1) is 18.6. The Bertz CT molecular complexity index is 637. The summed E-state index contributed by atoms with van der Waals surface area (Å²) in [5.74, 6) is -0.183. The fraction of sp³-hybridized carbons (Fsp3) is 0.556. The Kier molecular flexibility index (Phi) is 6.40. The zero-order chi connectivity index (χ0) is 18.4. The summed E-state index contributed by atoms with van der Waals surface area (Å²) in [6.45, 7) is 3.68. The van der Waals surface area contributed by atoms with Crippen molar-refractivity contribution >= 4 is 17.6 Å². The summed E-state index contributed by atoms with van der Waals surface area (Å²) in [6, 6.07) is 5.37. The Labute approximate surface area is 152 Å². The van der Waals surface area contributed by atoms with E-state index in [2.05, 4.69) is 16.0 Å². The zero-order valence-corrected chi connectivity index (χ0v) is 14.7. The number of benzene rings is 1. The number of nitrogens with one attached hydrogen (secondary N) is 3. The molecule has 2 heterocycles. The maximum absolute atomic E-state index is 13.1. The van der Waals surface area contributed by atoms with Crippen LogP contribution in [0.15, 0.2) is 24.3 Å². The second-order valence-electron chi connectivity index (χ2n) is 6.70. The number of hydrogen-bond acceptors (Lipinski definition) is 4. The maximum atomic E-state index is 13.1. The molecule has 2 saturated heterocycles. The highest BCUT2D eigenvalue weighted by Crippen LogP contribution is 2.18. The van der Waals surface area contributed by atoms with Crippen LogP contribution < -0.4 is 16.0 Å². The SMILES string of the molecule is O=C(NCC1CCCN(C(=O)C2CNCCO2)C1)Nc1cccc(F)c1. The van der Waals surface area contributed by atoms with Crippen LogP contribution in [0.25, 0.3) is 0 Å². The molecule has 3 N–H and O–H groups in total. The lowest BCUT2D eigenvalue weighted by atomic mass is 9.97. The standard InChI is InChI=1S/C18H25FN4O3/c19-14-4-1-5-15(9-14)22-18(25)21-10-13-3-2-7-23(12-13)17(24)16-11-20-6-8-26-16/h1,4-5,9,13,16,20H,2-3,6-8,10-12H2,(H2,21,22,25). The van der Waals surface area contributed by atoms with Crippen LogP contribution >= 0.6 is 0 Å². The molecule has 2 aliphatic rings. The van der Waals surface area contributed by atoms with E-state index in [0.717, 1.165) is 25.9 Å². The molecule has 1 aromatic rings. The number of nitrogens with zero attached hydrogens (tertiary/aromatic N) is 1. The highest BCUT2D eigenvalue weighted by Gasteiger charge is 2.30. The van der Waals surface area contributed by atoms with E-state index < -0.39 is 11.9 Å². The van der Waals surface area contributed by atoms with Crippen molar-refractivity contribution in [3.63, 3.8) is 0 Å². The number of halogens is 1. The van der Waals surface area contributed by atoms with E-state index in [0.29, 0.717) is 31.9 Å². The minimum atomic E-state index is -0.410. The number of hydrogen-bond donors (Lipinski definition) is 3. The number of amides is 3. The van der Waals surface area contributed by atoms with Crippen molar-refractivity contribution in [2.24, 2.45) is 5.92 Å². The van der Waals surface area contributed by atoms with E-state index in [4.69, 9.17) is 4.74 Å². The van der Waals surface area contributed by atoms with Crippen molar-refractivity contribution in [3.05, 3.63) is 30.1 Å². The molecule has 26 heavy (non-hydrogen) atoms. The third-order valence-corrected chi connectivity index (χ3v) is 4.67. The minimum absolute atomic E-state index is 0.0195. The molecule has 3 amide bonds. The Morgan fingerprint density at radius 1 is 1.38 bits per heavy atom. The van der Waals surface area contributed by atoms with E-state index >= 15 is 0 Å². The van der Waals surface area contributed by atoms with E-state index in [9.17, 15) is 14.0 Å². The van der Waals surface area contributed by atoms with Gasteiger partial charge in [0.25, 0.3) is 5.91 Å². The van der Waals surface area contributed by atoms with E-state index in [1.165, 1.54) is 18.2 Å². The van der Waals surface area contributed by atoms with Crippen molar-refractivity contribution in [1.29, 1.82) is 0 Å². The smallest absolute Gasteiger partial charge is 0.319 e. The zero-order valence-electron chi connectivity index (χ0n) is 14.7. The van der Waals surface area contributed by atoms with Gasteiger partial charge >= 0.3 is 6.03 Å². The summed E-state index contributed by atoms with van der Waals surface area (Å²) < 4.78 is 18.7. The van der Waals surface area contributed by atoms with Crippen molar-refractivity contribution in [1.82, 2.24) is 15.5 Å². The minimum Gasteiger partial charge on any atom is -0.366 e. The van der Waals surface area contributed by atoms with Gasteiger partial charge in [-0.2, -0.15) is 0 Å². The van der Waals surface area contributed by atoms with Gasteiger partial charge in [0.05, 0.1) is 6.61 Å². The van der Waals surface area contributed by atoms with Gasteiger partial charge in [0.15, 0.2) is 0 Å². The molecule has 0 aromatic heterocycles. The molecule has 7 nitrogen and oxygen atoms in total. The predicted molar refractivity (Wildman–Crippen MR) is 95.3 cm³/mol. The molecule has 2 aliphatic heterocycles. The summed E-state index contributed by atoms with van der Waals surface area (Å²) >= 11 is 0. The maximum Gasteiger partial charge on any atom is 0.319 e. The molecule has 0 aliphatic carbocycles. The van der Waals surface area contributed by atoms with E-state index in [1.54, 1.807) is 6.07 Å². The van der Waals surface area contributed by atoms with Crippen molar-refractivity contribution < 1.29 is 18.7 Å². The summed E-state index contributed by atoms with van der Waals surface area (Å²) in [6.07, 6.45) is 1.45. The van der Waals surface area contributed by atoms with Crippen LogP contribution in [0.4, 0.5) is 14.9 Å². The van der Waals surface area contributed by atoms with Crippen LogP contribution in [0.2, 0.25) is 0 Å². The number of carbonyl (C=O) groups is 2.